The van der Waals surface area contributed by atoms with Crippen LogP contribution in [0.3, 0.4) is 0 Å². The maximum atomic E-state index is 11.2. The van der Waals surface area contributed by atoms with Gasteiger partial charge in [0.25, 0.3) is 0 Å². The summed E-state index contributed by atoms with van der Waals surface area (Å²) in [7, 11) is 0. The van der Waals surface area contributed by atoms with Gasteiger partial charge in [0, 0.05) is 12.2 Å². The molecule has 0 heterocycles. The van der Waals surface area contributed by atoms with Crippen LogP contribution >= 0.6 is 0 Å². The predicted octanol–water partition coefficient (Wildman–Crippen LogP) is -0.898. The molecule has 0 radical (unpaired) electrons. The van der Waals surface area contributed by atoms with Gasteiger partial charge in [0.2, 0.25) is 0 Å². The first-order chi connectivity index (χ1) is 8.92. The molecule has 0 aromatic carbocycles. The number of esters is 1. The lowest BCUT2D eigenvalue weighted by molar-refractivity contribution is -0.140. The molecule has 0 aliphatic carbocycles. The van der Waals surface area contributed by atoms with Crippen molar-refractivity contribution in [3.8, 4) is 6.07 Å². The number of nitrogens with zero attached hydrogens (tertiary/aromatic N) is 1. The second-order valence-corrected chi connectivity index (χ2v) is 3.62. The third-order valence-corrected chi connectivity index (χ3v) is 1.64. The Kier molecular flexibility index (Phi) is 7.37. The molecular formula is C11H16N4O4. The zero-order valence-electron chi connectivity index (χ0n) is 10.9. The number of nitriles is 1. The van der Waals surface area contributed by atoms with Gasteiger partial charge in [-0.25, -0.2) is 4.79 Å². The van der Waals surface area contributed by atoms with E-state index in [1.165, 1.54) is 0 Å². The molecule has 8 nitrogen and oxygen atoms in total. The second kappa shape index (κ2) is 8.52. The van der Waals surface area contributed by atoms with Gasteiger partial charge < -0.3 is 15.5 Å². The van der Waals surface area contributed by atoms with Crippen molar-refractivity contribution in [2.75, 3.05) is 6.61 Å². The summed E-state index contributed by atoms with van der Waals surface area (Å²) in [5.41, 5.74) is 3.87. The first kappa shape index (κ1) is 16.4. The molecule has 0 saturated carbocycles. The van der Waals surface area contributed by atoms with Crippen molar-refractivity contribution in [1.82, 2.24) is 16.2 Å². The van der Waals surface area contributed by atoms with Crippen molar-refractivity contribution < 1.29 is 19.1 Å². The molecule has 19 heavy (non-hydrogen) atoms. The molecule has 0 fully saturated rings. The Morgan fingerprint density at radius 3 is 2.42 bits per heavy atom. The fourth-order valence-electron chi connectivity index (χ4n) is 0.904. The average molecular weight is 268 g/mol. The molecule has 0 saturated heterocycles. The number of nitrogens with one attached hydrogen (secondary N) is 3. The van der Waals surface area contributed by atoms with E-state index in [9.17, 15) is 14.4 Å². The lowest BCUT2D eigenvalue weighted by atomic mass is 10.3. The summed E-state index contributed by atoms with van der Waals surface area (Å²) in [6.45, 7) is 5.12. The highest BCUT2D eigenvalue weighted by Gasteiger charge is 2.14. The topological polar surface area (TPSA) is 120 Å². The summed E-state index contributed by atoms with van der Waals surface area (Å²) in [4.78, 5) is 33.6. The highest BCUT2D eigenvalue weighted by atomic mass is 16.5. The molecule has 0 unspecified atom stereocenters. The van der Waals surface area contributed by atoms with Crippen LogP contribution in [-0.4, -0.2) is 30.4 Å². The summed E-state index contributed by atoms with van der Waals surface area (Å²) < 4.78 is 4.59. The molecular weight excluding hydrogens is 252 g/mol. The van der Waals surface area contributed by atoms with Crippen LogP contribution in [0.4, 0.5) is 0 Å². The highest BCUT2D eigenvalue weighted by molar-refractivity contribution is 6.35. The molecule has 0 aromatic heterocycles. The minimum Gasteiger partial charge on any atom is -0.462 e. The van der Waals surface area contributed by atoms with Crippen LogP contribution in [0.1, 0.15) is 20.8 Å². The van der Waals surface area contributed by atoms with Crippen molar-refractivity contribution in [3.63, 3.8) is 0 Å². The third kappa shape index (κ3) is 6.68. The van der Waals surface area contributed by atoms with Crippen molar-refractivity contribution in [2.24, 2.45) is 0 Å². The molecule has 0 spiro atoms. The van der Waals surface area contributed by atoms with Gasteiger partial charge in [-0.1, -0.05) is 0 Å². The van der Waals surface area contributed by atoms with Gasteiger partial charge in [-0.15, -0.1) is 0 Å². The molecule has 0 atom stereocenters. The largest absolute Gasteiger partial charge is 0.462 e. The van der Waals surface area contributed by atoms with Crippen LogP contribution in [0.15, 0.2) is 11.8 Å². The summed E-state index contributed by atoms with van der Waals surface area (Å²) in [6, 6.07) is 1.42. The Morgan fingerprint density at radius 1 is 1.32 bits per heavy atom. The maximum absolute atomic E-state index is 11.2. The molecule has 0 aromatic rings. The zero-order chi connectivity index (χ0) is 14.8. The Bertz CT molecular complexity index is 423. The number of hydrogen-bond acceptors (Lipinski definition) is 6. The van der Waals surface area contributed by atoms with Crippen molar-refractivity contribution in [3.05, 3.63) is 11.8 Å². The molecule has 104 valence electrons. The Labute approximate surface area is 110 Å². The molecule has 2 amide bonds. The van der Waals surface area contributed by atoms with E-state index in [0.29, 0.717) is 0 Å². The molecule has 0 aliphatic heterocycles. The minimum absolute atomic E-state index is 0.126. The first-order valence-electron chi connectivity index (χ1n) is 5.56. The standard InChI is InChI=1S/C11H16N4O4/c1-4-19-11(18)8(5-12)6-13-15-10(17)9(16)14-7(2)3/h6-7,13H,4H2,1-3H3,(H,14,16)(H,15,17)/b8-6+. The van der Waals surface area contributed by atoms with E-state index in [2.05, 4.69) is 15.5 Å². The predicted molar refractivity (Wildman–Crippen MR) is 64.9 cm³/mol. The third-order valence-electron chi connectivity index (χ3n) is 1.64. The van der Waals surface area contributed by atoms with Crippen molar-refractivity contribution >= 4 is 17.8 Å². The van der Waals surface area contributed by atoms with Crippen LogP contribution in [-0.2, 0) is 19.1 Å². The minimum atomic E-state index is -0.939. The van der Waals surface area contributed by atoms with Crippen LogP contribution in [0.2, 0.25) is 0 Å². The number of carbonyl (C=O) groups is 3. The van der Waals surface area contributed by atoms with E-state index in [0.717, 1.165) is 6.20 Å². The Balaban J connectivity index is 4.33. The average Bonchev–Trinajstić information content (AvgIpc) is 2.33. The van der Waals surface area contributed by atoms with Gasteiger partial charge in [-0.3, -0.25) is 15.0 Å². The van der Waals surface area contributed by atoms with Gasteiger partial charge in [0.15, 0.2) is 5.57 Å². The summed E-state index contributed by atoms with van der Waals surface area (Å²) in [5, 5.41) is 11.0. The smallest absolute Gasteiger partial charge is 0.350 e. The van der Waals surface area contributed by atoms with E-state index < -0.39 is 17.8 Å². The Hall–Kier alpha value is -2.56. The summed E-state index contributed by atoms with van der Waals surface area (Å²) in [6.07, 6.45) is 0.943. The quantitative estimate of drug-likeness (QED) is 0.195. The maximum Gasteiger partial charge on any atom is 0.350 e. The van der Waals surface area contributed by atoms with E-state index in [4.69, 9.17) is 5.26 Å². The number of hydrazine groups is 1. The SMILES string of the molecule is CCOC(=O)/C(C#N)=C/NNC(=O)C(=O)NC(C)C. The summed E-state index contributed by atoms with van der Waals surface area (Å²) in [5.74, 6) is -2.59. The molecule has 3 N–H and O–H groups in total. The van der Waals surface area contributed by atoms with Crippen molar-refractivity contribution in [1.29, 1.82) is 5.26 Å². The first-order valence-corrected chi connectivity index (χ1v) is 5.56. The molecule has 0 aliphatic rings. The van der Waals surface area contributed by atoms with E-state index in [1.54, 1.807) is 26.8 Å². The number of carbonyl (C=O) groups excluding carboxylic acids is 3. The van der Waals surface area contributed by atoms with Gasteiger partial charge in [0.1, 0.15) is 6.07 Å². The molecule has 8 heteroatoms. The molecule has 0 bridgehead atoms. The number of amides is 2. The monoisotopic (exact) mass is 268 g/mol. The van der Waals surface area contributed by atoms with Gasteiger partial charge in [0.05, 0.1) is 6.61 Å². The van der Waals surface area contributed by atoms with Gasteiger partial charge in [-0.05, 0) is 20.8 Å². The summed E-state index contributed by atoms with van der Waals surface area (Å²) >= 11 is 0. The van der Waals surface area contributed by atoms with Crippen molar-refractivity contribution in [2.45, 2.75) is 26.8 Å². The lowest BCUT2D eigenvalue weighted by Gasteiger charge is -2.08. The van der Waals surface area contributed by atoms with E-state index >= 15 is 0 Å². The number of ether oxygens (including phenoxy) is 1. The van der Waals surface area contributed by atoms with E-state index in [-0.39, 0.29) is 18.2 Å². The molecule has 0 rings (SSSR count). The number of hydrogen-bond donors (Lipinski definition) is 3. The zero-order valence-corrected chi connectivity index (χ0v) is 10.9. The normalized spacial score (nSPS) is 10.4. The van der Waals surface area contributed by atoms with Crippen LogP contribution in [0.25, 0.3) is 0 Å². The fourth-order valence-corrected chi connectivity index (χ4v) is 0.904. The Morgan fingerprint density at radius 2 is 1.95 bits per heavy atom. The number of rotatable bonds is 5. The highest BCUT2D eigenvalue weighted by Crippen LogP contribution is 1.93. The van der Waals surface area contributed by atoms with Gasteiger partial charge in [-0.2, -0.15) is 5.26 Å². The van der Waals surface area contributed by atoms with Crippen LogP contribution in [0, 0.1) is 11.3 Å². The van der Waals surface area contributed by atoms with Gasteiger partial charge >= 0.3 is 17.8 Å². The second-order valence-electron chi connectivity index (χ2n) is 3.62. The fraction of sp³-hybridized carbons (Fsp3) is 0.455. The van der Waals surface area contributed by atoms with Crippen LogP contribution in [0.5, 0.6) is 0 Å². The lowest BCUT2D eigenvalue weighted by Crippen LogP contribution is -2.46. The van der Waals surface area contributed by atoms with Crippen LogP contribution < -0.4 is 16.2 Å². The van der Waals surface area contributed by atoms with E-state index in [1.807, 2.05) is 5.43 Å².